The summed E-state index contributed by atoms with van der Waals surface area (Å²) in [6, 6.07) is 9.11. The first kappa shape index (κ1) is 23.1. The molecular weight excluding hydrogens is 390 g/mol. The standard InChI is InChI=1S/C22H33N3OS.ClH/c1-3-13-25-20(16-27-22(25)24-19-7-5-4-6-8-19)14-21(26)23-15-18-11-9-17(2)10-12-18;/h9-12,19-20H,3-8,13-16H2,1-2H3,(H,23,26);1H. The smallest absolute Gasteiger partial charge is 0.222 e. The first-order chi connectivity index (χ1) is 13.2. The van der Waals surface area contributed by atoms with Crippen molar-refractivity contribution in [3.63, 3.8) is 0 Å². The maximum atomic E-state index is 12.5. The highest BCUT2D eigenvalue weighted by molar-refractivity contribution is 8.14. The average molecular weight is 424 g/mol. The summed E-state index contributed by atoms with van der Waals surface area (Å²) in [4.78, 5) is 20.0. The molecule has 0 radical (unpaired) electrons. The summed E-state index contributed by atoms with van der Waals surface area (Å²) >= 11 is 1.85. The number of thioether (sulfide) groups is 1. The number of aliphatic imine (C=N–C) groups is 1. The van der Waals surface area contributed by atoms with E-state index in [1.165, 1.54) is 42.8 Å². The monoisotopic (exact) mass is 423 g/mol. The van der Waals surface area contributed by atoms with Crippen LogP contribution in [-0.4, -0.2) is 40.4 Å². The second-order valence-corrected chi connectivity index (χ2v) is 8.82. The van der Waals surface area contributed by atoms with Crippen molar-refractivity contribution in [2.45, 2.75) is 77.4 Å². The predicted molar refractivity (Wildman–Crippen MR) is 122 cm³/mol. The van der Waals surface area contributed by atoms with Gasteiger partial charge in [-0.15, -0.1) is 12.4 Å². The summed E-state index contributed by atoms with van der Waals surface area (Å²) in [5.41, 5.74) is 2.40. The Balaban J connectivity index is 0.00000280. The number of nitrogens with one attached hydrogen (secondary N) is 1. The zero-order valence-corrected chi connectivity index (χ0v) is 18.8. The summed E-state index contributed by atoms with van der Waals surface area (Å²) in [5.74, 6) is 1.12. The molecule has 156 valence electrons. The van der Waals surface area contributed by atoms with E-state index < -0.39 is 0 Å². The molecule has 3 rings (SSSR count). The number of amidine groups is 1. The molecule has 0 bridgehead atoms. The largest absolute Gasteiger partial charge is 0.352 e. The molecule has 1 atom stereocenters. The van der Waals surface area contributed by atoms with Crippen LogP contribution in [0.25, 0.3) is 0 Å². The van der Waals surface area contributed by atoms with Crippen LogP contribution in [0.15, 0.2) is 29.3 Å². The molecule has 1 aromatic rings. The molecule has 1 saturated carbocycles. The van der Waals surface area contributed by atoms with Gasteiger partial charge in [0.1, 0.15) is 0 Å². The first-order valence-corrected chi connectivity index (χ1v) is 11.4. The number of benzene rings is 1. The van der Waals surface area contributed by atoms with Crippen LogP contribution < -0.4 is 5.32 Å². The lowest BCUT2D eigenvalue weighted by molar-refractivity contribution is -0.122. The van der Waals surface area contributed by atoms with Crippen molar-refractivity contribution >= 4 is 35.2 Å². The third-order valence-electron chi connectivity index (χ3n) is 5.45. The van der Waals surface area contributed by atoms with Crippen LogP contribution in [-0.2, 0) is 11.3 Å². The van der Waals surface area contributed by atoms with Crippen LogP contribution in [0.3, 0.4) is 0 Å². The zero-order valence-electron chi connectivity index (χ0n) is 17.2. The van der Waals surface area contributed by atoms with Gasteiger partial charge < -0.3 is 10.2 Å². The van der Waals surface area contributed by atoms with E-state index in [0.717, 1.165) is 24.3 Å². The summed E-state index contributed by atoms with van der Waals surface area (Å²) < 4.78 is 0. The van der Waals surface area contributed by atoms with Gasteiger partial charge in [0, 0.05) is 31.3 Å². The Bertz CT molecular complexity index is 644. The minimum absolute atomic E-state index is 0. The second kappa shape index (κ2) is 11.7. The SMILES string of the molecule is CCCN1C(=NC2CCCCC2)SCC1CC(=O)NCc1ccc(C)cc1.Cl. The maximum Gasteiger partial charge on any atom is 0.222 e. The quantitative estimate of drug-likeness (QED) is 0.675. The van der Waals surface area contributed by atoms with E-state index in [1.54, 1.807) is 0 Å². The molecule has 1 heterocycles. The van der Waals surface area contributed by atoms with Gasteiger partial charge in [0.25, 0.3) is 0 Å². The van der Waals surface area contributed by atoms with Crippen molar-refractivity contribution in [2.75, 3.05) is 12.3 Å². The summed E-state index contributed by atoms with van der Waals surface area (Å²) in [6.07, 6.45) is 8.08. The van der Waals surface area contributed by atoms with Gasteiger partial charge in [-0.1, -0.05) is 67.8 Å². The fraction of sp³-hybridized carbons (Fsp3) is 0.636. The molecule has 1 N–H and O–H groups in total. The predicted octanol–water partition coefficient (Wildman–Crippen LogP) is 4.94. The van der Waals surface area contributed by atoms with E-state index in [-0.39, 0.29) is 24.4 Å². The van der Waals surface area contributed by atoms with Crippen LogP contribution in [0.5, 0.6) is 0 Å². The van der Waals surface area contributed by atoms with E-state index in [4.69, 9.17) is 4.99 Å². The number of aryl methyl sites for hydroxylation is 1. The third kappa shape index (κ3) is 6.70. The molecule has 0 spiro atoms. The highest BCUT2D eigenvalue weighted by Crippen LogP contribution is 2.29. The van der Waals surface area contributed by atoms with Gasteiger partial charge in [0.2, 0.25) is 5.91 Å². The molecule has 1 amide bonds. The minimum atomic E-state index is 0. The van der Waals surface area contributed by atoms with Gasteiger partial charge in [0.05, 0.1) is 6.04 Å². The van der Waals surface area contributed by atoms with Crippen LogP contribution >= 0.6 is 24.2 Å². The van der Waals surface area contributed by atoms with Gasteiger partial charge in [-0.2, -0.15) is 0 Å². The molecule has 6 heteroatoms. The molecule has 1 aliphatic carbocycles. The van der Waals surface area contributed by atoms with Crippen LogP contribution in [0, 0.1) is 6.92 Å². The first-order valence-electron chi connectivity index (χ1n) is 10.4. The number of hydrogen-bond acceptors (Lipinski definition) is 3. The van der Waals surface area contributed by atoms with Crippen LogP contribution in [0.2, 0.25) is 0 Å². The van der Waals surface area contributed by atoms with Crippen molar-refractivity contribution in [3.05, 3.63) is 35.4 Å². The normalized spacial score (nSPS) is 21.6. The molecule has 1 aliphatic heterocycles. The third-order valence-corrected chi connectivity index (χ3v) is 6.60. The van der Waals surface area contributed by atoms with Crippen LogP contribution in [0.4, 0.5) is 0 Å². The minimum Gasteiger partial charge on any atom is -0.352 e. The van der Waals surface area contributed by atoms with Gasteiger partial charge in [-0.3, -0.25) is 9.79 Å². The lowest BCUT2D eigenvalue weighted by atomic mass is 9.96. The number of nitrogens with zero attached hydrogens (tertiary/aromatic N) is 2. The molecule has 2 fully saturated rings. The fourth-order valence-electron chi connectivity index (χ4n) is 3.86. The molecule has 1 saturated heterocycles. The van der Waals surface area contributed by atoms with Crippen molar-refractivity contribution in [1.29, 1.82) is 0 Å². The average Bonchev–Trinajstić information content (AvgIpc) is 3.04. The lowest BCUT2D eigenvalue weighted by Gasteiger charge is -2.27. The number of carbonyl (C=O) groups excluding carboxylic acids is 1. The van der Waals surface area contributed by atoms with Gasteiger partial charge in [-0.05, 0) is 31.7 Å². The number of halogens is 1. The second-order valence-electron chi connectivity index (χ2n) is 7.83. The summed E-state index contributed by atoms with van der Waals surface area (Å²) in [7, 11) is 0. The topological polar surface area (TPSA) is 44.7 Å². The van der Waals surface area contributed by atoms with E-state index in [9.17, 15) is 4.79 Å². The van der Waals surface area contributed by atoms with Gasteiger partial charge in [0.15, 0.2) is 5.17 Å². The number of rotatable bonds is 7. The molecule has 4 nitrogen and oxygen atoms in total. The molecule has 1 unspecified atom stereocenters. The highest BCUT2D eigenvalue weighted by atomic mass is 35.5. The number of carbonyl (C=O) groups is 1. The Morgan fingerprint density at radius 3 is 2.61 bits per heavy atom. The Labute approximate surface area is 180 Å². The van der Waals surface area contributed by atoms with E-state index >= 15 is 0 Å². The molecule has 2 aliphatic rings. The molecule has 1 aromatic carbocycles. The molecule has 0 aromatic heterocycles. The number of hydrogen-bond donors (Lipinski definition) is 1. The maximum absolute atomic E-state index is 12.5. The zero-order chi connectivity index (χ0) is 19.1. The highest BCUT2D eigenvalue weighted by Gasteiger charge is 2.31. The Kier molecular flexibility index (Phi) is 9.66. The summed E-state index contributed by atoms with van der Waals surface area (Å²) in [5, 5.41) is 4.27. The van der Waals surface area contributed by atoms with Crippen molar-refractivity contribution < 1.29 is 4.79 Å². The van der Waals surface area contributed by atoms with E-state index in [0.29, 0.717) is 19.0 Å². The fourth-order valence-corrected chi connectivity index (χ4v) is 5.13. The Hall–Kier alpha value is -1.20. The lowest BCUT2D eigenvalue weighted by Crippen LogP contribution is -2.39. The van der Waals surface area contributed by atoms with E-state index in [1.807, 2.05) is 11.8 Å². The van der Waals surface area contributed by atoms with Crippen molar-refractivity contribution in [2.24, 2.45) is 4.99 Å². The Morgan fingerprint density at radius 1 is 1.21 bits per heavy atom. The van der Waals surface area contributed by atoms with Gasteiger partial charge >= 0.3 is 0 Å². The van der Waals surface area contributed by atoms with Crippen molar-refractivity contribution in [3.8, 4) is 0 Å². The van der Waals surface area contributed by atoms with Gasteiger partial charge in [-0.25, -0.2) is 0 Å². The Morgan fingerprint density at radius 2 is 1.93 bits per heavy atom. The number of amides is 1. The van der Waals surface area contributed by atoms with Crippen LogP contribution in [0.1, 0.15) is 63.0 Å². The van der Waals surface area contributed by atoms with Crippen molar-refractivity contribution in [1.82, 2.24) is 10.2 Å². The summed E-state index contributed by atoms with van der Waals surface area (Å²) in [6.45, 7) is 5.88. The molecule has 28 heavy (non-hydrogen) atoms. The molecular formula is C22H34ClN3OS. The van der Waals surface area contributed by atoms with E-state index in [2.05, 4.69) is 48.3 Å².